The van der Waals surface area contributed by atoms with Crippen molar-refractivity contribution in [1.29, 1.82) is 0 Å². The Balaban J connectivity index is 0.000000980. The number of ether oxygens (including phenoxy) is 2. The van der Waals surface area contributed by atoms with Crippen molar-refractivity contribution in [3.8, 4) is 0 Å². The van der Waals surface area contributed by atoms with Gasteiger partial charge in [0.1, 0.15) is 12.5 Å². The van der Waals surface area contributed by atoms with Crippen LogP contribution in [0.5, 0.6) is 0 Å². The highest BCUT2D eigenvalue weighted by Crippen LogP contribution is 2.51. The van der Waals surface area contributed by atoms with E-state index in [2.05, 4.69) is 16.0 Å². The van der Waals surface area contributed by atoms with E-state index in [-0.39, 0.29) is 254 Å². The van der Waals surface area contributed by atoms with Crippen molar-refractivity contribution in [1.82, 2.24) is 45.3 Å². The van der Waals surface area contributed by atoms with Gasteiger partial charge >= 0.3 is 30.8 Å². The number of aliphatic hydroxyl groups is 1. The van der Waals surface area contributed by atoms with Gasteiger partial charge in [-0.05, 0) is 66.2 Å². The normalized spacial score (nSPS) is 19.2. The summed E-state index contributed by atoms with van der Waals surface area (Å²) in [6.45, 7) is 50.1. The van der Waals surface area contributed by atoms with E-state index in [1.165, 1.54) is 23.1 Å². The summed E-state index contributed by atoms with van der Waals surface area (Å²) in [7, 11) is -16.5. The quantitative estimate of drug-likeness (QED) is 0.0243. The topological polar surface area (TPSA) is 482 Å². The summed E-state index contributed by atoms with van der Waals surface area (Å²) in [5, 5.41) is 17.9. The van der Waals surface area contributed by atoms with Crippen LogP contribution in [0.3, 0.4) is 0 Å². The van der Waals surface area contributed by atoms with Gasteiger partial charge in [0.25, 0.3) is 0 Å². The van der Waals surface area contributed by atoms with Crippen LogP contribution in [0.2, 0.25) is 0 Å². The third kappa shape index (κ3) is 47.5. The highest BCUT2D eigenvalue weighted by molar-refractivity contribution is 7.53. The third-order valence-corrected chi connectivity index (χ3v) is 25.9. The molecular weight excluding hydrogens is 1770 g/mol. The van der Waals surface area contributed by atoms with E-state index in [4.69, 9.17) is 45.7 Å². The van der Waals surface area contributed by atoms with Crippen molar-refractivity contribution in [3.63, 3.8) is 0 Å². The van der Waals surface area contributed by atoms with Crippen molar-refractivity contribution in [2.75, 3.05) is 132 Å². The molecule has 3 rings (SSSR count). The summed E-state index contributed by atoms with van der Waals surface area (Å²) >= 11 is 0. The highest BCUT2D eigenvalue weighted by Gasteiger charge is 2.47. The van der Waals surface area contributed by atoms with Crippen LogP contribution >= 0.6 is 30.8 Å². The Kier molecular flexibility index (Phi) is 57.1. The van der Waals surface area contributed by atoms with Gasteiger partial charge in [0.15, 0.2) is 17.3 Å². The van der Waals surface area contributed by atoms with Gasteiger partial charge in [0.2, 0.25) is 47.3 Å². The lowest BCUT2D eigenvalue weighted by atomic mass is 9.94. The van der Waals surface area contributed by atoms with Gasteiger partial charge in [-0.25, -0.2) is 9.13 Å². The number of nitrogens with one attached hydrogen (secondary N) is 3. The number of amides is 8. The molecule has 0 spiro atoms. The first kappa shape index (κ1) is 123. The van der Waals surface area contributed by atoms with Gasteiger partial charge in [-0.15, -0.1) is 0 Å². The lowest BCUT2D eigenvalue weighted by Gasteiger charge is -2.32. The molecule has 7 unspecified atom stereocenters. The van der Waals surface area contributed by atoms with Crippen molar-refractivity contribution in [2.45, 2.75) is 298 Å². The SMILES string of the molecule is CC(C)NC(CCC(=O)NC(CCC(=O)NC(CCC(=O)C(C)C)C(=O)C(C)C)C(=O)C(C)C)C(=O)C(C)C.CC(C)OCCN(CCOP(C)(=O)OCCN(COP(=O)(O)OCCN(CCO)C(=O)C(C)C)C(=O)C(C)C)C(=O)C(C)C.CC(C)OC[C@@H]1[C@@H](OP(C)(=O)OC[C@@H]2[C@@H](OP(=O)(O)OC[C@@H]3CCN(C(=O)C(C)C)C3)CCN2C(=O)C(C)C)CCN1C(=O)C(C)C. The maximum absolute atomic E-state index is 13.7. The minimum atomic E-state index is -4.62. The van der Waals surface area contributed by atoms with Crippen molar-refractivity contribution >= 4 is 101 Å². The molecule has 3 aliphatic heterocycles. The van der Waals surface area contributed by atoms with E-state index >= 15 is 0 Å². The number of aliphatic hydroxyl groups excluding tert-OH is 1. The average molecular weight is 1940 g/mol. The van der Waals surface area contributed by atoms with Crippen molar-refractivity contribution < 1.29 is 136 Å². The molecule has 130 heavy (non-hydrogen) atoms. The Morgan fingerprint density at radius 3 is 1.23 bits per heavy atom. The number of carbonyl (C=O) groups excluding carboxylic acids is 12. The number of phosphoric acid groups is 2. The molecule has 0 aromatic rings. The van der Waals surface area contributed by atoms with Crippen LogP contribution < -0.4 is 16.0 Å². The first-order valence-corrected chi connectivity index (χ1v) is 53.2. The summed E-state index contributed by atoms with van der Waals surface area (Å²) in [5.74, 6) is -4.89. The largest absolute Gasteiger partial charge is 0.473 e. The number of hydrogen-bond donors (Lipinski definition) is 6. The van der Waals surface area contributed by atoms with E-state index in [1.54, 1.807) is 112 Å². The summed E-state index contributed by atoms with van der Waals surface area (Å²) in [4.78, 5) is 181. The molecule has 0 saturated carbocycles. The van der Waals surface area contributed by atoms with E-state index in [0.717, 1.165) is 4.90 Å². The van der Waals surface area contributed by atoms with E-state index < -0.39 is 97.7 Å². The van der Waals surface area contributed by atoms with Crippen LogP contribution in [0.25, 0.3) is 0 Å². The molecule has 756 valence electrons. The summed E-state index contributed by atoms with van der Waals surface area (Å²) in [5.41, 5.74) is 0. The number of hydrogen-bond acceptors (Lipinski definition) is 28. The molecule has 3 fully saturated rings. The molecule has 38 nitrogen and oxygen atoms in total. The molecule has 6 N–H and O–H groups in total. The molecule has 3 heterocycles. The monoisotopic (exact) mass is 1940 g/mol. The smallest absolute Gasteiger partial charge is 0.395 e. The zero-order chi connectivity index (χ0) is 99.8. The second-order valence-corrected chi connectivity index (χ2v) is 44.5. The fourth-order valence-corrected chi connectivity index (χ4v) is 17.8. The van der Waals surface area contributed by atoms with Gasteiger partial charge < -0.3 is 87.8 Å². The number of phosphoric ester groups is 2. The number of ketones is 4. The van der Waals surface area contributed by atoms with Crippen molar-refractivity contribution in [2.24, 2.45) is 65.1 Å². The van der Waals surface area contributed by atoms with Gasteiger partial charge in [-0.2, -0.15) is 0 Å². The Bertz CT molecular complexity index is 3730. The molecule has 0 aliphatic carbocycles. The van der Waals surface area contributed by atoms with Gasteiger partial charge in [-0.3, -0.25) is 84.8 Å². The lowest BCUT2D eigenvalue weighted by Crippen LogP contribution is -2.46. The molecule has 42 heteroatoms. The zero-order valence-corrected chi connectivity index (χ0v) is 86.7. The minimum absolute atomic E-state index is 0.0192. The first-order chi connectivity index (χ1) is 60.1. The standard InChI is InChI=1S/C31H57N3O11P2.C30H53N3O6.C27H55N3O12P2/c1-20(2)29(35)32-13-10-24(16-32)17-43-47(39,40)45-28-12-15-34(31(37)22(5)6)26(28)19-42-46(9,38)44-27-11-14-33(30(36)21(3)4)25(27)18-41-23(7)8;1-17(2)25(34)14-11-23(29(38)19(5)6)32-27(36)16-13-24(30(39)20(7)8)33-26(35)15-12-22(31-21(9)10)28(37)18(3)4;1-21(2)25(32)28(10-15-31)13-19-41-44(36,37)42-20-30(27(34)23(5)6)14-18-40-43(9,35)39-17-12-29(26(33)22(3)4)11-16-38-24(7)8/h20-28H,10-19H2,1-9H3,(H,39,40);17-24,31H,11-16H2,1-10H3,(H,32,36)(H,33,35);21-24,31H,10-20H2,1-9H3,(H,36,37)/t24-,25-,26-,27+,28+,46?;;/m1../s1. The average Bonchev–Trinajstić information content (AvgIpc) is 1.66. The van der Waals surface area contributed by atoms with Crippen molar-refractivity contribution in [3.05, 3.63) is 0 Å². The molecule has 3 aliphatic rings. The van der Waals surface area contributed by atoms with Crippen LogP contribution in [0.4, 0.5) is 0 Å². The summed E-state index contributed by atoms with van der Waals surface area (Å²) in [6, 6.07) is -3.29. The van der Waals surface area contributed by atoms with Gasteiger partial charge in [-0.1, -0.05) is 152 Å². The Morgan fingerprint density at radius 1 is 0.392 bits per heavy atom. The maximum Gasteiger partial charge on any atom is 0.473 e. The Morgan fingerprint density at radius 2 is 0.800 bits per heavy atom. The van der Waals surface area contributed by atoms with Crippen LogP contribution in [0.1, 0.15) is 238 Å². The van der Waals surface area contributed by atoms with Crippen LogP contribution in [0, 0.1) is 65.1 Å². The minimum Gasteiger partial charge on any atom is -0.395 e. The lowest BCUT2D eigenvalue weighted by molar-refractivity contribution is -0.139. The van der Waals surface area contributed by atoms with E-state index in [9.17, 15) is 90.7 Å². The second-order valence-electron chi connectivity index (χ2n) is 37.6. The second kappa shape index (κ2) is 60.4. The number of rotatable bonds is 60. The predicted molar refractivity (Wildman–Crippen MR) is 493 cm³/mol. The van der Waals surface area contributed by atoms with Crippen LogP contribution in [-0.2, 0) is 121 Å². The van der Waals surface area contributed by atoms with Gasteiger partial charge in [0.05, 0.1) is 107 Å². The zero-order valence-electron chi connectivity index (χ0n) is 83.1. The fourth-order valence-electron chi connectivity index (χ4n) is 14.0. The molecular formula is C88H165N9O29P4. The highest BCUT2D eigenvalue weighted by atomic mass is 31.2. The number of nitrogens with zero attached hydrogens (tertiary/aromatic N) is 6. The first-order valence-electron chi connectivity index (χ1n) is 46.3. The molecule has 0 radical (unpaired) electrons. The van der Waals surface area contributed by atoms with Crippen LogP contribution in [-0.4, -0.2) is 307 Å². The molecule has 0 aromatic heterocycles. The Labute approximate surface area is 774 Å². The Hall–Kier alpha value is -5.20. The number of likely N-dealkylation sites (tertiary alicyclic amines) is 3. The number of Topliss-reactive ketones (excluding diaryl/α,β-unsaturated/α-hetero) is 4. The van der Waals surface area contributed by atoms with E-state index in [0.29, 0.717) is 52.0 Å². The molecule has 0 bridgehead atoms. The van der Waals surface area contributed by atoms with Gasteiger partial charge in [0, 0.05) is 163 Å². The predicted octanol–water partition coefficient (Wildman–Crippen LogP) is 10.5. The molecule has 0 aromatic carbocycles. The molecule has 8 amide bonds. The number of carbonyl (C=O) groups is 12. The fraction of sp³-hybridized carbons (Fsp3) is 0.864. The maximum atomic E-state index is 13.7. The van der Waals surface area contributed by atoms with Crippen LogP contribution in [0.15, 0.2) is 0 Å². The summed E-state index contributed by atoms with van der Waals surface area (Å²) < 4.78 is 107. The molecule has 3 saturated heterocycles. The third-order valence-electron chi connectivity index (χ3n) is 21.3. The summed E-state index contributed by atoms with van der Waals surface area (Å²) in [6.07, 6.45) is 0.585. The molecule has 12 atom stereocenters. The van der Waals surface area contributed by atoms with E-state index in [1.807, 2.05) is 83.1 Å².